The first-order valence-electron chi connectivity index (χ1n) is 7.17. The zero-order valence-electron chi connectivity index (χ0n) is 12.9. The lowest BCUT2D eigenvalue weighted by Crippen LogP contribution is -2.45. The molecule has 0 spiro atoms. The number of carboxylic acids is 1. The molecule has 1 aromatic rings. The average molecular weight is 326 g/mol. The normalized spacial score (nSPS) is 21.7. The van der Waals surface area contributed by atoms with Gasteiger partial charge < -0.3 is 9.84 Å². The molecule has 0 unspecified atom stereocenters. The predicted octanol–water partition coefficient (Wildman–Crippen LogP) is 3.52. The van der Waals surface area contributed by atoms with Gasteiger partial charge in [0.15, 0.2) is 0 Å². The molecule has 1 saturated heterocycles. The van der Waals surface area contributed by atoms with Crippen molar-refractivity contribution in [1.82, 2.24) is 4.90 Å². The third-order valence-electron chi connectivity index (χ3n) is 3.58. The molecule has 0 aliphatic carbocycles. The van der Waals surface area contributed by atoms with Crippen LogP contribution in [0.1, 0.15) is 38.7 Å². The molecule has 22 heavy (non-hydrogen) atoms. The number of hydrogen-bond donors (Lipinski definition) is 1. The van der Waals surface area contributed by atoms with Crippen LogP contribution in [0.2, 0.25) is 5.02 Å². The van der Waals surface area contributed by atoms with Crippen molar-refractivity contribution in [1.29, 1.82) is 0 Å². The van der Waals surface area contributed by atoms with Crippen LogP contribution in [-0.2, 0) is 9.53 Å². The minimum absolute atomic E-state index is 0.262. The minimum Gasteiger partial charge on any atom is -0.480 e. The largest absolute Gasteiger partial charge is 0.480 e. The molecule has 1 fully saturated rings. The third kappa shape index (κ3) is 3.71. The molecule has 6 heteroatoms. The zero-order valence-corrected chi connectivity index (χ0v) is 13.6. The lowest BCUT2D eigenvalue weighted by atomic mass is 9.92. The molecular formula is C16H20ClNO4. The summed E-state index contributed by atoms with van der Waals surface area (Å²) in [6, 6.07) is 6.15. The van der Waals surface area contributed by atoms with E-state index in [-0.39, 0.29) is 5.92 Å². The van der Waals surface area contributed by atoms with E-state index < -0.39 is 23.7 Å². The van der Waals surface area contributed by atoms with Crippen molar-refractivity contribution >= 4 is 23.7 Å². The highest BCUT2D eigenvalue weighted by atomic mass is 35.5. The summed E-state index contributed by atoms with van der Waals surface area (Å²) in [5, 5.41) is 10.1. The lowest BCUT2D eigenvalue weighted by molar-refractivity contribution is -0.142. The summed E-state index contributed by atoms with van der Waals surface area (Å²) >= 11 is 5.87. The Morgan fingerprint density at radius 1 is 1.27 bits per heavy atom. The Bertz CT molecular complexity index is 565. The van der Waals surface area contributed by atoms with Crippen LogP contribution in [0.4, 0.5) is 4.79 Å². The van der Waals surface area contributed by atoms with Gasteiger partial charge in [-0.05, 0) is 44.9 Å². The van der Waals surface area contributed by atoms with Gasteiger partial charge in [-0.1, -0.05) is 23.7 Å². The second-order valence-corrected chi connectivity index (χ2v) is 6.84. The number of ether oxygens (including phenoxy) is 1. The summed E-state index contributed by atoms with van der Waals surface area (Å²) in [5.41, 5.74) is 0.209. The highest BCUT2D eigenvalue weighted by Crippen LogP contribution is 2.35. The Morgan fingerprint density at radius 2 is 1.86 bits per heavy atom. The van der Waals surface area contributed by atoms with Crippen molar-refractivity contribution in [2.24, 2.45) is 0 Å². The Labute approximate surface area is 134 Å². The SMILES string of the molecule is CC(C)(C)OC(=O)N1CC[C@H](c2ccc(Cl)cc2)[C@H]1C(=O)O. The van der Waals surface area contributed by atoms with E-state index >= 15 is 0 Å². The van der Waals surface area contributed by atoms with Gasteiger partial charge in [0.05, 0.1) is 0 Å². The first-order valence-corrected chi connectivity index (χ1v) is 7.55. The van der Waals surface area contributed by atoms with Crippen LogP contribution in [-0.4, -0.2) is 40.3 Å². The fraction of sp³-hybridized carbons (Fsp3) is 0.500. The molecule has 0 bridgehead atoms. The summed E-state index contributed by atoms with van der Waals surface area (Å²) in [6.45, 7) is 5.63. The van der Waals surface area contributed by atoms with Crippen molar-refractivity contribution in [2.45, 2.75) is 44.8 Å². The maximum Gasteiger partial charge on any atom is 0.411 e. The second kappa shape index (κ2) is 6.16. The predicted molar refractivity (Wildman–Crippen MR) is 83.2 cm³/mol. The van der Waals surface area contributed by atoms with E-state index in [1.165, 1.54) is 4.90 Å². The standard InChI is InChI=1S/C16H20ClNO4/c1-16(2,3)22-15(21)18-9-8-12(13(18)14(19)20)10-4-6-11(17)7-5-10/h4-7,12-13H,8-9H2,1-3H3,(H,19,20)/t12-,13+/m1/s1. The number of hydrogen-bond acceptors (Lipinski definition) is 3. The van der Waals surface area contributed by atoms with E-state index in [9.17, 15) is 14.7 Å². The Hall–Kier alpha value is -1.75. The molecule has 2 atom stereocenters. The van der Waals surface area contributed by atoms with Gasteiger partial charge in [-0.15, -0.1) is 0 Å². The summed E-state index contributed by atoms with van der Waals surface area (Å²) in [5.74, 6) is -1.29. The van der Waals surface area contributed by atoms with Crippen molar-refractivity contribution in [3.05, 3.63) is 34.9 Å². The van der Waals surface area contributed by atoms with Crippen LogP contribution in [0.3, 0.4) is 0 Å². The van der Waals surface area contributed by atoms with E-state index in [4.69, 9.17) is 16.3 Å². The fourth-order valence-corrected chi connectivity index (χ4v) is 2.81. The molecule has 0 aromatic heterocycles. The summed E-state index contributed by atoms with van der Waals surface area (Å²) in [4.78, 5) is 25.2. The lowest BCUT2D eigenvalue weighted by Gasteiger charge is -2.28. The monoisotopic (exact) mass is 325 g/mol. The number of amides is 1. The van der Waals surface area contributed by atoms with Gasteiger partial charge in [-0.25, -0.2) is 9.59 Å². The smallest absolute Gasteiger partial charge is 0.411 e. The van der Waals surface area contributed by atoms with Crippen LogP contribution >= 0.6 is 11.6 Å². The summed E-state index contributed by atoms with van der Waals surface area (Å²) < 4.78 is 5.31. The summed E-state index contributed by atoms with van der Waals surface area (Å²) in [7, 11) is 0. The van der Waals surface area contributed by atoms with E-state index in [0.29, 0.717) is 18.0 Å². The van der Waals surface area contributed by atoms with Gasteiger partial charge in [-0.2, -0.15) is 0 Å². The molecule has 0 radical (unpaired) electrons. The topological polar surface area (TPSA) is 66.8 Å². The van der Waals surface area contributed by atoms with Crippen molar-refractivity contribution < 1.29 is 19.4 Å². The molecule has 2 rings (SSSR count). The molecule has 1 amide bonds. The van der Waals surface area contributed by atoms with Gasteiger partial charge in [0, 0.05) is 17.5 Å². The van der Waals surface area contributed by atoms with E-state index in [1.54, 1.807) is 32.9 Å². The number of benzene rings is 1. The van der Waals surface area contributed by atoms with Crippen molar-refractivity contribution in [2.75, 3.05) is 6.54 Å². The number of halogens is 1. The zero-order chi connectivity index (χ0) is 16.5. The molecule has 1 N–H and O–H groups in total. The average Bonchev–Trinajstić information content (AvgIpc) is 2.82. The highest BCUT2D eigenvalue weighted by Gasteiger charge is 2.44. The number of nitrogens with zero attached hydrogens (tertiary/aromatic N) is 1. The van der Waals surface area contributed by atoms with Gasteiger partial charge in [0.25, 0.3) is 0 Å². The highest BCUT2D eigenvalue weighted by molar-refractivity contribution is 6.30. The first kappa shape index (κ1) is 16.6. The van der Waals surface area contributed by atoms with Gasteiger partial charge >= 0.3 is 12.1 Å². The molecule has 1 aromatic carbocycles. The fourth-order valence-electron chi connectivity index (χ4n) is 2.68. The second-order valence-electron chi connectivity index (χ2n) is 6.40. The van der Waals surface area contributed by atoms with E-state index in [2.05, 4.69) is 0 Å². The molecule has 0 saturated carbocycles. The maximum absolute atomic E-state index is 12.2. The van der Waals surface area contributed by atoms with Crippen LogP contribution in [0.15, 0.2) is 24.3 Å². The quantitative estimate of drug-likeness (QED) is 0.903. The maximum atomic E-state index is 12.2. The minimum atomic E-state index is -1.02. The van der Waals surface area contributed by atoms with Gasteiger partial charge in [0.1, 0.15) is 11.6 Å². The van der Waals surface area contributed by atoms with Gasteiger partial charge in [0.2, 0.25) is 0 Å². The van der Waals surface area contributed by atoms with Crippen LogP contribution in [0.25, 0.3) is 0 Å². The third-order valence-corrected chi connectivity index (χ3v) is 3.83. The molecule has 120 valence electrons. The van der Waals surface area contributed by atoms with Crippen LogP contribution < -0.4 is 0 Å². The van der Waals surface area contributed by atoms with E-state index in [0.717, 1.165) is 5.56 Å². The molecule has 1 aliphatic heterocycles. The number of likely N-dealkylation sites (tertiary alicyclic amines) is 1. The van der Waals surface area contributed by atoms with E-state index in [1.807, 2.05) is 12.1 Å². The molecular weight excluding hydrogens is 306 g/mol. The Kier molecular flexibility index (Phi) is 4.66. The number of rotatable bonds is 2. The van der Waals surface area contributed by atoms with Crippen molar-refractivity contribution in [3.8, 4) is 0 Å². The first-order chi connectivity index (χ1) is 10.2. The van der Waals surface area contributed by atoms with Crippen LogP contribution in [0.5, 0.6) is 0 Å². The number of carboxylic acid groups (broad SMARTS) is 1. The van der Waals surface area contributed by atoms with Crippen LogP contribution in [0, 0.1) is 0 Å². The van der Waals surface area contributed by atoms with Crippen molar-refractivity contribution in [3.63, 3.8) is 0 Å². The van der Waals surface area contributed by atoms with Gasteiger partial charge in [-0.3, -0.25) is 4.90 Å². The molecule has 1 aliphatic rings. The number of aliphatic carboxylic acids is 1. The Morgan fingerprint density at radius 3 is 2.36 bits per heavy atom. The summed E-state index contributed by atoms with van der Waals surface area (Å²) in [6.07, 6.45) is -0.00551. The molecule has 1 heterocycles. The number of carbonyl (C=O) groups is 2. The Balaban J connectivity index is 2.23. The number of carbonyl (C=O) groups excluding carboxylic acids is 1. The molecule has 5 nitrogen and oxygen atoms in total.